The summed E-state index contributed by atoms with van der Waals surface area (Å²) in [6.45, 7) is 5.50. The Morgan fingerprint density at radius 3 is 2.15 bits per heavy atom. The van der Waals surface area contributed by atoms with Crippen molar-refractivity contribution in [3.8, 4) is 0 Å². The van der Waals surface area contributed by atoms with E-state index in [-0.39, 0.29) is 4.90 Å². The first-order valence-corrected chi connectivity index (χ1v) is 9.27. The fraction of sp³-hybridized carbons (Fsp3) is 0.200. The van der Waals surface area contributed by atoms with Crippen molar-refractivity contribution in [3.05, 3.63) is 53.1 Å². The third-order valence-corrected chi connectivity index (χ3v) is 7.01. The summed E-state index contributed by atoms with van der Waals surface area (Å²) in [4.78, 5) is 0.0709. The molecule has 20 heavy (non-hydrogen) atoms. The molecule has 0 saturated heterocycles. The number of aryl methyl sites for hydroxylation is 2. The lowest BCUT2D eigenvalue weighted by Crippen LogP contribution is -2.32. The predicted octanol–water partition coefficient (Wildman–Crippen LogP) is 0.978. The van der Waals surface area contributed by atoms with Gasteiger partial charge in [-0.1, -0.05) is 52.3 Å². The SMILES string of the molecule is Cc1cc(C)c(S(=O)(=O)O)c(C)c1[SiH2]c1ccccc1. The van der Waals surface area contributed by atoms with E-state index < -0.39 is 19.6 Å². The zero-order valence-electron chi connectivity index (χ0n) is 11.8. The zero-order chi connectivity index (χ0) is 14.9. The molecule has 1 N–H and O–H groups in total. The summed E-state index contributed by atoms with van der Waals surface area (Å²) in [5.74, 6) is 0. The van der Waals surface area contributed by atoms with Crippen LogP contribution in [0.15, 0.2) is 41.3 Å². The molecule has 0 saturated carbocycles. The zero-order valence-corrected chi connectivity index (χ0v) is 14.1. The van der Waals surface area contributed by atoms with Gasteiger partial charge in [0.05, 0.1) is 14.4 Å². The summed E-state index contributed by atoms with van der Waals surface area (Å²) < 4.78 is 32.5. The van der Waals surface area contributed by atoms with E-state index in [1.807, 2.05) is 31.2 Å². The maximum absolute atomic E-state index is 11.6. The van der Waals surface area contributed by atoms with Gasteiger partial charge in [0.1, 0.15) is 0 Å². The smallest absolute Gasteiger partial charge is 0.282 e. The Kier molecular flexibility index (Phi) is 4.13. The highest BCUT2D eigenvalue weighted by molar-refractivity contribution is 7.86. The van der Waals surface area contributed by atoms with Gasteiger partial charge >= 0.3 is 0 Å². The third kappa shape index (κ3) is 3.00. The normalized spacial score (nSPS) is 12.2. The Hall–Kier alpha value is -1.43. The van der Waals surface area contributed by atoms with E-state index in [1.54, 1.807) is 13.8 Å². The van der Waals surface area contributed by atoms with Crippen molar-refractivity contribution in [3.63, 3.8) is 0 Å². The van der Waals surface area contributed by atoms with Gasteiger partial charge in [0.15, 0.2) is 0 Å². The lowest BCUT2D eigenvalue weighted by atomic mass is 10.1. The van der Waals surface area contributed by atoms with Gasteiger partial charge in [-0.3, -0.25) is 4.55 Å². The van der Waals surface area contributed by atoms with Gasteiger partial charge in [0.25, 0.3) is 10.1 Å². The van der Waals surface area contributed by atoms with Crippen LogP contribution in [0.25, 0.3) is 0 Å². The molecule has 0 radical (unpaired) electrons. The monoisotopic (exact) mass is 306 g/mol. The van der Waals surface area contributed by atoms with Crippen LogP contribution in [0.4, 0.5) is 0 Å². The van der Waals surface area contributed by atoms with E-state index in [0.717, 1.165) is 10.8 Å². The summed E-state index contributed by atoms with van der Waals surface area (Å²) in [6, 6.07) is 11.9. The molecule has 2 aromatic carbocycles. The van der Waals surface area contributed by atoms with E-state index in [1.165, 1.54) is 5.19 Å². The summed E-state index contributed by atoms with van der Waals surface area (Å²) >= 11 is 0. The van der Waals surface area contributed by atoms with Gasteiger partial charge in [0.2, 0.25) is 0 Å². The van der Waals surface area contributed by atoms with Crippen LogP contribution in [0.5, 0.6) is 0 Å². The minimum absolute atomic E-state index is 0.0709. The average Bonchev–Trinajstić information content (AvgIpc) is 2.33. The van der Waals surface area contributed by atoms with Crippen molar-refractivity contribution in [1.82, 2.24) is 0 Å². The minimum atomic E-state index is -4.17. The molecular formula is C15H18O3SSi. The first-order chi connectivity index (χ1) is 9.30. The first kappa shape index (κ1) is 15.0. The summed E-state index contributed by atoms with van der Waals surface area (Å²) in [5.41, 5.74) is 2.40. The van der Waals surface area contributed by atoms with Crippen molar-refractivity contribution >= 4 is 30.0 Å². The number of rotatable bonds is 3. The lowest BCUT2D eigenvalue weighted by Gasteiger charge is -2.15. The van der Waals surface area contributed by atoms with E-state index in [2.05, 4.69) is 12.1 Å². The van der Waals surface area contributed by atoms with Crippen LogP contribution in [0.1, 0.15) is 16.7 Å². The van der Waals surface area contributed by atoms with Gasteiger partial charge < -0.3 is 0 Å². The maximum atomic E-state index is 11.6. The van der Waals surface area contributed by atoms with Crippen molar-refractivity contribution < 1.29 is 13.0 Å². The van der Waals surface area contributed by atoms with Crippen molar-refractivity contribution in [1.29, 1.82) is 0 Å². The molecule has 0 fully saturated rings. The van der Waals surface area contributed by atoms with Crippen LogP contribution in [-0.4, -0.2) is 22.5 Å². The molecular weight excluding hydrogens is 288 g/mol. The van der Waals surface area contributed by atoms with Crippen LogP contribution in [0.3, 0.4) is 0 Å². The summed E-state index contributed by atoms with van der Waals surface area (Å²) in [5, 5.41) is 2.35. The van der Waals surface area contributed by atoms with Gasteiger partial charge in [-0.05, 0) is 31.9 Å². The highest BCUT2D eigenvalue weighted by Gasteiger charge is 2.20. The standard InChI is InChI=1S/C15H18O3SSi/c1-10-9-11(2)15(12(3)14(10)19(16,17)18)20-13-7-5-4-6-8-13/h4-9H,20H2,1-3H3,(H,16,17,18). The average molecular weight is 306 g/mol. The Morgan fingerprint density at radius 2 is 1.60 bits per heavy atom. The maximum Gasteiger partial charge on any atom is 0.295 e. The molecule has 0 aliphatic rings. The molecule has 3 nitrogen and oxygen atoms in total. The van der Waals surface area contributed by atoms with E-state index in [4.69, 9.17) is 0 Å². The van der Waals surface area contributed by atoms with Crippen LogP contribution in [0.2, 0.25) is 0 Å². The molecule has 106 valence electrons. The first-order valence-electron chi connectivity index (χ1n) is 6.42. The lowest BCUT2D eigenvalue weighted by molar-refractivity contribution is 0.482. The number of hydrogen-bond acceptors (Lipinski definition) is 2. The summed E-state index contributed by atoms with van der Waals surface area (Å²) in [7, 11) is -4.94. The Balaban J connectivity index is 2.60. The Labute approximate surface area is 122 Å². The second kappa shape index (κ2) is 5.52. The minimum Gasteiger partial charge on any atom is -0.282 e. The predicted molar refractivity (Wildman–Crippen MR) is 84.7 cm³/mol. The molecule has 0 aromatic heterocycles. The Morgan fingerprint density at radius 1 is 1.00 bits per heavy atom. The van der Waals surface area contributed by atoms with Crippen LogP contribution in [-0.2, 0) is 10.1 Å². The topological polar surface area (TPSA) is 54.4 Å². The molecule has 0 heterocycles. The molecule has 0 spiro atoms. The highest BCUT2D eigenvalue weighted by Crippen LogP contribution is 2.19. The molecule has 0 bridgehead atoms. The molecule has 5 heteroatoms. The molecule has 0 aliphatic heterocycles. The molecule has 0 amide bonds. The van der Waals surface area contributed by atoms with E-state index in [0.29, 0.717) is 11.1 Å². The molecule has 0 atom stereocenters. The number of hydrogen-bond donors (Lipinski definition) is 1. The highest BCUT2D eigenvalue weighted by atomic mass is 32.2. The van der Waals surface area contributed by atoms with Gasteiger partial charge in [-0.2, -0.15) is 8.42 Å². The van der Waals surface area contributed by atoms with Gasteiger partial charge in [-0.25, -0.2) is 0 Å². The van der Waals surface area contributed by atoms with Crippen LogP contribution < -0.4 is 10.4 Å². The molecule has 2 aromatic rings. The van der Waals surface area contributed by atoms with Gasteiger partial charge in [-0.15, -0.1) is 0 Å². The fourth-order valence-electron chi connectivity index (χ4n) is 2.67. The summed E-state index contributed by atoms with van der Waals surface area (Å²) in [6.07, 6.45) is 0. The van der Waals surface area contributed by atoms with Crippen molar-refractivity contribution in [2.45, 2.75) is 25.7 Å². The van der Waals surface area contributed by atoms with Gasteiger partial charge in [0, 0.05) is 0 Å². The molecule has 0 unspecified atom stereocenters. The van der Waals surface area contributed by atoms with Crippen molar-refractivity contribution in [2.75, 3.05) is 0 Å². The second-order valence-electron chi connectivity index (χ2n) is 5.08. The molecule has 2 rings (SSSR count). The number of benzene rings is 2. The quantitative estimate of drug-likeness (QED) is 0.679. The fourth-order valence-corrected chi connectivity index (χ4v) is 5.52. The van der Waals surface area contributed by atoms with E-state index >= 15 is 0 Å². The largest absolute Gasteiger partial charge is 0.295 e. The van der Waals surface area contributed by atoms with E-state index in [9.17, 15) is 13.0 Å². The Bertz CT molecular complexity index is 737. The third-order valence-electron chi connectivity index (χ3n) is 3.54. The van der Waals surface area contributed by atoms with Crippen molar-refractivity contribution in [2.24, 2.45) is 0 Å². The second-order valence-corrected chi connectivity index (χ2v) is 8.32. The molecule has 0 aliphatic carbocycles. The van der Waals surface area contributed by atoms with Crippen LogP contribution >= 0.6 is 0 Å². The van der Waals surface area contributed by atoms with Crippen LogP contribution in [0, 0.1) is 20.8 Å².